The maximum absolute atomic E-state index is 13.6. The van der Waals surface area contributed by atoms with Gasteiger partial charge in [-0.05, 0) is 62.3 Å². The lowest BCUT2D eigenvalue weighted by Gasteiger charge is -2.57. The number of carbonyl (C=O) groups is 1. The lowest BCUT2D eigenvalue weighted by atomic mass is 9.49. The SMILES string of the molecule is O=C(N1CCOC(c2ccccc2Cl)C1)C12CC3CC(CC(C3)C1)C2. The lowest BCUT2D eigenvalue weighted by Crippen LogP contribution is -2.56. The molecule has 0 aromatic heterocycles. The average Bonchev–Trinajstić information content (AvgIpc) is 2.60. The molecule has 1 saturated heterocycles. The number of amides is 1. The van der Waals surface area contributed by atoms with Crippen molar-refractivity contribution in [3.63, 3.8) is 0 Å². The summed E-state index contributed by atoms with van der Waals surface area (Å²) in [6.07, 6.45) is 7.41. The highest BCUT2D eigenvalue weighted by Gasteiger charge is 2.55. The Balaban J connectivity index is 1.36. The average molecular weight is 360 g/mol. The summed E-state index contributed by atoms with van der Waals surface area (Å²) in [5.41, 5.74) is 0.948. The molecule has 1 atom stereocenters. The normalized spacial score (nSPS) is 39.6. The first-order chi connectivity index (χ1) is 12.1. The number of hydrogen-bond acceptors (Lipinski definition) is 2. The largest absolute Gasteiger partial charge is 0.370 e. The maximum atomic E-state index is 13.6. The summed E-state index contributed by atoms with van der Waals surface area (Å²) in [5, 5.41) is 0.733. The predicted octanol–water partition coefficient (Wildman–Crippen LogP) is 4.46. The quantitative estimate of drug-likeness (QED) is 0.780. The van der Waals surface area contributed by atoms with E-state index in [0.717, 1.165) is 54.1 Å². The van der Waals surface area contributed by atoms with Crippen molar-refractivity contribution in [2.75, 3.05) is 19.7 Å². The zero-order valence-corrected chi connectivity index (χ0v) is 15.4. The molecule has 4 saturated carbocycles. The van der Waals surface area contributed by atoms with Crippen molar-refractivity contribution in [2.24, 2.45) is 23.2 Å². The minimum absolute atomic E-state index is 0.0584. The highest BCUT2D eigenvalue weighted by molar-refractivity contribution is 6.31. The Labute approximate surface area is 154 Å². The molecule has 0 N–H and O–H groups in total. The van der Waals surface area contributed by atoms with Gasteiger partial charge in [-0.25, -0.2) is 0 Å². The van der Waals surface area contributed by atoms with E-state index < -0.39 is 0 Å². The third kappa shape index (κ3) is 2.71. The number of benzene rings is 1. The summed E-state index contributed by atoms with van der Waals surface area (Å²) >= 11 is 6.36. The van der Waals surface area contributed by atoms with Gasteiger partial charge in [0.2, 0.25) is 5.91 Å². The molecule has 1 aromatic rings. The van der Waals surface area contributed by atoms with Crippen molar-refractivity contribution in [2.45, 2.75) is 44.6 Å². The molecule has 5 fully saturated rings. The summed E-state index contributed by atoms with van der Waals surface area (Å²) in [6, 6.07) is 7.85. The van der Waals surface area contributed by atoms with Gasteiger partial charge in [0.25, 0.3) is 0 Å². The molecule has 5 aliphatic rings. The first kappa shape index (κ1) is 16.1. The fraction of sp³-hybridized carbons (Fsp3) is 0.667. The minimum Gasteiger partial charge on any atom is -0.370 e. The lowest BCUT2D eigenvalue weighted by molar-refractivity contribution is -0.164. The standard InChI is InChI=1S/C21H26ClNO2/c22-18-4-2-1-3-17(18)19-13-23(5-6-25-19)20(24)21-10-14-7-15(11-21)9-16(8-14)12-21/h1-4,14-16,19H,5-13H2. The third-order valence-corrected chi connectivity index (χ3v) is 7.44. The molecule has 25 heavy (non-hydrogen) atoms. The van der Waals surface area contributed by atoms with Crippen LogP contribution in [-0.4, -0.2) is 30.5 Å². The number of halogens is 1. The summed E-state index contributed by atoms with van der Waals surface area (Å²) in [4.78, 5) is 15.6. The molecule has 134 valence electrons. The third-order valence-electron chi connectivity index (χ3n) is 7.10. The molecule has 6 rings (SSSR count). The minimum atomic E-state index is -0.0969. The van der Waals surface area contributed by atoms with Gasteiger partial charge in [-0.2, -0.15) is 0 Å². The van der Waals surface area contributed by atoms with Gasteiger partial charge in [0.15, 0.2) is 0 Å². The maximum Gasteiger partial charge on any atom is 0.228 e. The van der Waals surface area contributed by atoms with Gasteiger partial charge in [-0.15, -0.1) is 0 Å². The van der Waals surface area contributed by atoms with E-state index in [1.807, 2.05) is 24.3 Å². The van der Waals surface area contributed by atoms with Crippen LogP contribution < -0.4 is 0 Å². The van der Waals surface area contributed by atoms with E-state index >= 15 is 0 Å². The zero-order chi connectivity index (χ0) is 17.0. The first-order valence-electron chi connectivity index (χ1n) is 9.78. The molecule has 3 nitrogen and oxygen atoms in total. The number of ether oxygens (including phenoxy) is 1. The molecule has 0 radical (unpaired) electrons. The highest BCUT2D eigenvalue weighted by atomic mass is 35.5. The van der Waals surface area contributed by atoms with Crippen LogP contribution in [0.3, 0.4) is 0 Å². The van der Waals surface area contributed by atoms with Gasteiger partial charge < -0.3 is 9.64 Å². The Morgan fingerprint density at radius 1 is 1.08 bits per heavy atom. The number of morpholine rings is 1. The van der Waals surface area contributed by atoms with Crippen LogP contribution in [0.4, 0.5) is 0 Å². The van der Waals surface area contributed by atoms with Crippen LogP contribution in [-0.2, 0) is 9.53 Å². The van der Waals surface area contributed by atoms with E-state index in [2.05, 4.69) is 4.90 Å². The number of nitrogens with zero attached hydrogens (tertiary/aromatic N) is 1. The van der Waals surface area contributed by atoms with Crippen molar-refractivity contribution < 1.29 is 9.53 Å². The van der Waals surface area contributed by atoms with E-state index in [4.69, 9.17) is 16.3 Å². The van der Waals surface area contributed by atoms with Crippen LogP contribution in [0.1, 0.15) is 50.2 Å². The Morgan fingerprint density at radius 3 is 2.36 bits per heavy atom. The van der Waals surface area contributed by atoms with Gasteiger partial charge >= 0.3 is 0 Å². The van der Waals surface area contributed by atoms with Crippen molar-refractivity contribution >= 4 is 17.5 Å². The van der Waals surface area contributed by atoms with Gasteiger partial charge in [-0.3, -0.25) is 4.79 Å². The van der Waals surface area contributed by atoms with Crippen LogP contribution in [0.15, 0.2) is 24.3 Å². The molecule has 4 bridgehead atoms. The van der Waals surface area contributed by atoms with Crippen LogP contribution in [0.2, 0.25) is 5.02 Å². The number of hydrogen-bond donors (Lipinski definition) is 0. The van der Waals surface area contributed by atoms with E-state index in [1.165, 1.54) is 19.3 Å². The smallest absolute Gasteiger partial charge is 0.228 e. The molecule has 1 amide bonds. The molecular weight excluding hydrogens is 334 g/mol. The summed E-state index contributed by atoms with van der Waals surface area (Å²) < 4.78 is 5.97. The van der Waals surface area contributed by atoms with E-state index in [-0.39, 0.29) is 11.5 Å². The molecule has 0 spiro atoms. The second-order valence-electron chi connectivity index (χ2n) is 8.83. The fourth-order valence-electron chi connectivity index (χ4n) is 6.47. The van der Waals surface area contributed by atoms with Crippen LogP contribution in [0.25, 0.3) is 0 Å². The summed E-state index contributed by atoms with van der Waals surface area (Å²) in [5.74, 6) is 2.81. The molecular formula is C21H26ClNO2. The second-order valence-corrected chi connectivity index (χ2v) is 9.24. The van der Waals surface area contributed by atoms with Crippen molar-refractivity contribution in [1.82, 2.24) is 4.90 Å². The van der Waals surface area contributed by atoms with Gasteiger partial charge in [-0.1, -0.05) is 29.8 Å². The molecule has 4 aliphatic carbocycles. The second kappa shape index (κ2) is 5.99. The molecule has 1 heterocycles. The summed E-state index contributed by atoms with van der Waals surface area (Å²) in [6.45, 7) is 1.97. The topological polar surface area (TPSA) is 29.5 Å². The Kier molecular flexibility index (Phi) is 3.87. The van der Waals surface area contributed by atoms with Crippen molar-refractivity contribution in [3.05, 3.63) is 34.9 Å². The highest BCUT2D eigenvalue weighted by Crippen LogP contribution is 2.60. The van der Waals surface area contributed by atoms with Gasteiger partial charge in [0, 0.05) is 17.1 Å². The number of rotatable bonds is 2. The Hall–Kier alpha value is -1.06. The van der Waals surface area contributed by atoms with Gasteiger partial charge in [0.05, 0.1) is 18.6 Å². The first-order valence-corrected chi connectivity index (χ1v) is 10.2. The fourth-order valence-corrected chi connectivity index (χ4v) is 6.72. The molecule has 4 heteroatoms. The van der Waals surface area contributed by atoms with Crippen molar-refractivity contribution in [1.29, 1.82) is 0 Å². The Morgan fingerprint density at radius 2 is 1.72 bits per heavy atom. The molecule has 1 aromatic carbocycles. The van der Waals surface area contributed by atoms with E-state index in [1.54, 1.807) is 0 Å². The molecule has 1 aliphatic heterocycles. The number of carbonyl (C=O) groups excluding carboxylic acids is 1. The van der Waals surface area contributed by atoms with E-state index in [9.17, 15) is 4.79 Å². The van der Waals surface area contributed by atoms with Crippen LogP contribution in [0.5, 0.6) is 0 Å². The van der Waals surface area contributed by atoms with Crippen LogP contribution in [0, 0.1) is 23.2 Å². The van der Waals surface area contributed by atoms with Crippen LogP contribution >= 0.6 is 11.6 Å². The predicted molar refractivity (Wildman–Crippen MR) is 97.3 cm³/mol. The summed E-state index contributed by atoms with van der Waals surface area (Å²) in [7, 11) is 0. The van der Waals surface area contributed by atoms with Crippen molar-refractivity contribution in [3.8, 4) is 0 Å². The van der Waals surface area contributed by atoms with E-state index in [0.29, 0.717) is 19.1 Å². The monoisotopic (exact) mass is 359 g/mol. The Bertz CT molecular complexity index is 653. The van der Waals surface area contributed by atoms with Gasteiger partial charge in [0.1, 0.15) is 6.10 Å². The molecule has 1 unspecified atom stereocenters. The zero-order valence-electron chi connectivity index (χ0n) is 14.6.